The van der Waals surface area contributed by atoms with Gasteiger partial charge in [-0.2, -0.15) is 13.2 Å². The van der Waals surface area contributed by atoms with Gasteiger partial charge in [-0.25, -0.2) is 9.97 Å². The monoisotopic (exact) mass is 398 g/mol. The minimum Gasteiger partial charge on any atom is -0.506 e. The van der Waals surface area contributed by atoms with Crippen LogP contribution < -0.4 is 5.32 Å². The van der Waals surface area contributed by atoms with Crippen LogP contribution in [0.1, 0.15) is 24.1 Å². The van der Waals surface area contributed by atoms with Crippen LogP contribution in [0.15, 0.2) is 12.3 Å². The number of aliphatic hydroxyl groups is 1. The molecule has 0 spiro atoms. The summed E-state index contributed by atoms with van der Waals surface area (Å²) in [5, 5.41) is 30.2. The zero-order chi connectivity index (χ0) is 20.3. The number of aromatic nitrogens is 4. The Morgan fingerprint density at radius 1 is 1.29 bits per heavy atom. The van der Waals surface area contributed by atoms with Gasteiger partial charge in [-0.3, -0.25) is 4.90 Å². The first-order valence-electron chi connectivity index (χ1n) is 8.85. The van der Waals surface area contributed by atoms with E-state index in [1.54, 1.807) is 6.92 Å². The number of β-amino-alcohol motifs (C(OH)–C–C–N with tert-alkyl or cyclic N) is 1. The Morgan fingerprint density at radius 2 is 2.07 bits per heavy atom. The lowest BCUT2D eigenvalue weighted by Crippen LogP contribution is -2.43. The average Bonchev–Trinajstić information content (AvgIpc) is 2.62. The summed E-state index contributed by atoms with van der Waals surface area (Å²) >= 11 is 0. The van der Waals surface area contributed by atoms with Crippen molar-refractivity contribution in [3.05, 3.63) is 23.5 Å². The molecule has 11 heteroatoms. The first-order chi connectivity index (χ1) is 13.3. The molecule has 2 aromatic heterocycles. The number of anilines is 1. The molecule has 0 radical (unpaired) electrons. The van der Waals surface area contributed by atoms with Crippen LogP contribution in [0.3, 0.4) is 0 Å². The number of nitrogens with one attached hydrogen (secondary N) is 1. The number of hydrogen-bond acceptors (Lipinski definition) is 8. The van der Waals surface area contributed by atoms with Crippen LogP contribution >= 0.6 is 0 Å². The summed E-state index contributed by atoms with van der Waals surface area (Å²) < 4.78 is 38.1. The summed E-state index contributed by atoms with van der Waals surface area (Å²) in [4.78, 5) is 10.1. The second kappa shape index (κ2) is 8.23. The van der Waals surface area contributed by atoms with Crippen molar-refractivity contribution in [3.8, 4) is 17.1 Å². The standard InChI is InChI=1S/C17H21F3N6O2/c1-10-14(15-13(28)7-11(8-21-15)17(18,19)20)24-25-16(22-10)23-12-3-2-4-26(9-12)5-6-27/h7-8,12,27-28H,2-6,9H2,1H3,(H,22,23,25). The van der Waals surface area contributed by atoms with Gasteiger partial charge in [0.05, 0.1) is 17.9 Å². The Morgan fingerprint density at radius 3 is 2.71 bits per heavy atom. The maximum Gasteiger partial charge on any atom is 0.418 e. The molecular weight excluding hydrogens is 377 g/mol. The zero-order valence-corrected chi connectivity index (χ0v) is 15.2. The van der Waals surface area contributed by atoms with Gasteiger partial charge in [-0.05, 0) is 32.4 Å². The molecule has 28 heavy (non-hydrogen) atoms. The van der Waals surface area contributed by atoms with E-state index in [9.17, 15) is 18.3 Å². The molecule has 152 valence electrons. The predicted molar refractivity (Wildman–Crippen MR) is 94.6 cm³/mol. The quantitative estimate of drug-likeness (QED) is 0.700. The lowest BCUT2D eigenvalue weighted by molar-refractivity contribution is -0.137. The first kappa shape index (κ1) is 20.2. The summed E-state index contributed by atoms with van der Waals surface area (Å²) in [5.41, 5.74) is -0.662. The number of pyridine rings is 1. The molecule has 3 N–H and O–H groups in total. The van der Waals surface area contributed by atoms with E-state index in [-0.39, 0.29) is 24.0 Å². The van der Waals surface area contributed by atoms with E-state index in [2.05, 4.69) is 30.4 Å². The van der Waals surface area contributed by atoms with Crippen molar-refractivity contribution in [1.29, 1.82) is 0 Å². The lowest BCUT2D eigenvalue weighted by Gasteiger charge is -2.32. The lowest BCUT2D eigenvalue weighted by atomic mass is 10.1. The Kier molecular flexibility index (Phi) is 5.94. The maximum atomic E-state index is 12.7. The molecule has 0 aromatic carbocycles. The van der Waals surface area contributed by atoms with Crippen LogP contribution in [0, 0.1) is 6.92 Å². The highest BCUT2D eigenvalue weighted by molar-refractivity contribution is 5.64. The van der Waals surface area contributed by atoms with Crippen molar-refractivity contribution >= 4 is 5.95 Å². The number of hydrogen-bond donors (Lipinski definition) is 3. The number of halogens is 3. The average molecular weight is 398 g/mol. The summed E-state index contributed by atoms with van der Waals surface area (Å²) in [5.74, 6) is -0.342. The minimum atomic E-state index is -4.60. The third kappa shape index (κ3) is 4.65. The molecule has 1 aliphatic heterocycles. The molecule has 2 aromatic rings. The summed E-state index contributed by atoms with van der Waals surface area (Å²) in [7, 11) is 0. The number of likely N-dealkylation sites (tertiary alicyclic amines) is 1. The van der Waals surface area contributed by atoms with Crippen molar-refractivity contribution < 1.29 is 23.4 Å². The predicted octanol–water partition coefficient (Wildman–Crippen LogP) is 1.84. The van der Waals surface area contributed by atoms with Crippen LogP contribution in [-0.4, -0.2) is 67.6 Å². The van der Waals surface area contributed by atoms with E-state index in [1.807, 2.05) is 0 Å². The molecule has 8 nitrogen and oxygen atoms in total. The van der Waals surface area contributed by atoms with E-state index >= 15 is 0 Å². The smallest absolute Gasteiger partial charge is 0.418 e. The van der Waals surface area contributed by atoms with Gasteiger partial charge in [0.2, 0.25) is 5.95 Å². The number of piperidine rings is 1. The number of aliphatic hydroxyl groups excluding tert-OH is 1. The fraction of sp³-hybridized carbons (Fsp3) is 0.529. The highest BCUT2D eigenvalue weighted by Crippen LogP contribution is 2.34. The highest BCUT2D eigenvalue weighted by Gasteiger charge is 2.32. The van der Waals surface area contributed by atoms with Gasteiger partial charge < -0.3 is 15.5 Å². The van der Waals surface area contributed by atoms with Crippen molar-refractivity contribution in [1.82, 2.24) is 25.1 Å². The fourth-order valence-corrected chi connectivity index (χ4v) is 3.17. The van der Waals surface area contributed by atoms with Crippen molar-refractivity contribution in [2.75, 3.05) is 31.6 Å². The van der Waals surface area contributed by atoms with Gasteiger partial charge in [0.15, 0.2) is 0 Å². The second-order valence-electron chi connectivity index (χ2n) is 6.67. The highest BCUT2D eigenvalue weighted by atomic mass is 19.4. The molecule has 1 atom stereocenters. The Balaban J connectivity index is 1.76. The van der Waals surface area contributed by atoms with E-state index in [4.69, 9.17) is 5.11 Å². The molecule has 3 heterocycles. The van der Waals surface area contributed by atoms with E-state index in [0.29, 0.717) is 30.5 Å². The van der Waals surface area contributed by atoms with Gasteiger partial charge >= 0.3 is 6.18 Å². The van der Waals surface area contributed by atoms with Gasteiger partial charge in [-0.15, -0.1) is 10.2 Å². The van der Waals surface area contributed by atoms with Crippen LogP contribution in [0.2, 0.25) is 0 Å². The van der Waals surface area contributed by atoms with Crippen LogP contribution in [0.25, 0.3) is 11.4 Å². The topological polar surface area (TPSA) is 107 Å². The SMILES string of the molecule is Cc1nc(NC2CCCN(CCO)C2)nnc1-c1ncc(C(F)(F)F)cc1O. The first-order valence-corrected chi connectivity index (χ1v) is 8.85. The number of nitrogens with zero attached hydrogens (tertiary/aromatic N) is 5. The molecule has 0 aliphatic carbocycles. The van der Waals surface area contributed by atoms with E-state index in [0.717, 1.165) is 25.9 Å². The molecule has 1 fully saturated rings. The van der Waals surface area contributed by atoms with Crippen molar-refractivity contribution in [3.63, 3.8) is 0 Å². The van der Waals surface area contributed by atoms with Crippen molar-refractivity contribution in [2.45, 2.75) is 32.0 Å². The van der Waals surface area contributed by atoms with Crippen molar-refractivity contribution in [2.24, 2.45) is 0 Å². The molecule has 0 bridgehead atoms. The molecule has 0 amide bonds. The maximum absolute atomic E-state index is 12.7. The molecule has 1 aliphatic rings. The summed E-state index contributed by atoms with van der Waals surface area (Å²) in [6.07, 6.45) is -2.06. The number of aryl methyl sites for hydroxylation is 1. The van der Waals surface area contributed by atoms with Gasteiger partial charge in [-0.1, -0.05) is 0 Å². The fourth-order valence-electron chi connectivity index (χ4n) is 3.17. The molecule has 0 saturated carbocycles. The van der Waals surface area contributed by atoms with Crippen LogP contribution in [0.5, 0.6) is 5.75 Å². The second-order valence-corrected chi connectivity index (χ2v) is 6.67. The Labute approximate surface area is 159 Å². The third-order valence-corrected chi connectivity index (χ3v) is 4.54. The van der Waals surface area contributed by atoms with Gasteiger partial charge in [0, 0.05) is 25.3 Å². The zero-order valence-electron chi connectivity index (χ0n) is 15.2. The van der Waals surface area contributed by atoms with E-state index < -0.39 is 17.5 Å². The van der Waals surface area contributed by atoms with E-state index in [1.165, 1.54) is 0 Å². The van der Waals surface area contributed by atoms with Crippen LogP contribution in [0.4, 0.5) is 19.1 Å². The Hall–Kier alpha value is -2.53. The molecular formula is C17H21F3N6O2. The number of aromatic hydroxyl groups is 1. The summed E-state index contributed by atoms with van der Waals surface area (Å²) in [6, 6.07) is 0.706. The number of rotatable bonds is 5. The molecule has 3 rings (SSSR count). The molecule has 1 saturated heterocycles. The van der Waals surface area contributed by atoms with Gasteiger partial charge in [0.1, 0.15) is 17.1 Å². The molecule has 1 unspecified atom stereocenters. The minimum absolute atomic E-state index is 0.0994. The van der Waals surface area contributed by atoms with Gasteiger partial charge in [0.25, 0.3) is 0 Å². The Bertz CT molecular complexity index is 831. The van der Waals surface area contributed by atoms with Crippen LogP contribution in [-0.2, 0) is 6.18 Å². The third-order valence-electron chi connectivity index (χ3n) is 4.54. The normalized spacial score (nSPS) is 18.2. The number of alkyl halides is 3. The summed E-state index contributed by atoms with van der Waals surface area (Å²) in [6.45, 7) is 3.99. The largest absolute Gasteiger partial charge is 0.506 e.